The Morgan fingerprint density at radius 1 is 0.750 bits per heavy atom. The lowest BCUT2D eigenvalue weighted by atomic mass is 10.1. The lowest BCUT2D eigenvalue weighted by Crippen LogP contribution is -2.16. The predicted octanol–water partition coefficient (Wildman–Crippen LogP) is 4.68. The Labute approximate surface area is 143 Å². The summed E-state index contributed by atoms with van der Waals surface area (Å²) in [4.78, 5) is 2.03. The molecule has 3 aromatic carbocycles. The molecular formula is C23H17N. The number of rotatable bonds is 3. The van der Waals surface area contributed by atoms with Crippen molar-refractivity contribution in [3.05, 3.63) is 102 Å². The van der Waals surface area contributed by atoms with Crippen molar-refractivity contribution in [3.63, 3.8) is 0 Å². The zero-order valence-corrected chi connectivity index (χ0v) is 13.3. The molecule has 3 aromatic rings. The van der Waals surface area contributed by atoms with E-state index in [1.165, 1.54) is 0 Å². The molecule has 0 atom stereocenters. The summed E-state index contributed by atoms with van der Waals surface area (Å²) in [7, 11) is 0. The minimum atomic E-state index is 0.643. The molecule has 0 amide bonds. The fraction of sp³-hybridized carbons (Fsp3) is 0.0435. The Hall–Kier alpha value is -3.42. The molecule has 0 unspecified atom stereocenters. The summed E-state index contributed by atoms with van der Waals surface area (Å²) < 4.78 is 0. The molecule has 0 aromatic heterocycles. The number of hydrogen-bond acceptors (Lipinski definition) is 1. The fourth-order valence-corrected chi connectivity index (χ4v) is 2.43. The summed E-state index contributed by atoms with van der Waals surface area (Å²) in [5.41, 5.74) is 4.03. The molecule has 0 fully saturated rings. The van der Waals surface area contributed by atoms with E-state index >= 15 is 0 Å². The second kappa shape index (κ2) is 7.73. The highest BCUT2D eigenvalue weighted by Crippen LogP contribution is 2.18. The Morgan fingerprint density at radius 3 is 2.08 bits per heavy atom. The topological polar surface area (TPSA) is 3.24 Å². The van der Waals surface area contributed by atoms with Crippen LogP contribution in [0.2, 0.25) is 0 Å². The van der Waals surface area contributed by atoms with Gasteiger partial charge < -0.3 is 0 Å². The maximum Gasteiger partial charge on any atom is 0.0578 e. The van der Waals surface area contributed by atoms with Crippen LogP contribution in [0.4, 0.5) is 5.69 Å². The van der Waals surface area contributed by atoms with E-state index in [-0.39, 0.29) is 0 Å². The second-order valence-corrected chi connectivity index (χ2v) is 5.33. The SMILES string of the molecule is C#Cc1ccccc1CN(C#Cc1ccccc1)c1ccccc1. The third kappa shape index (κ3) is 3.86. The fourth-order valence-electron chi connectivity index (χ4n) is 2.43. The molecule has 0 radical (unpaired) electrons. The van der Waals surface area contributed by atoms with Crippen LogP contribution in [0.15, 0.2) is 84.9 Å². The number of nitrogens with zero attached hydrogens (tertiary/aromatic N) is 1. The van der Waals surface area contributed by atoms with Gasteiger partial charge >= 0.3 is 0 Å². The molecule has 24 heavy (non-hydrogen) atoms. The maximum absolute atomic E-state index is 5.63. The van der Waals surface area contributed by atoms with Crippen molar-refractivity contribution in [2.45, 2.75) is 6.54 Å². The van der Waals surface area contributed by atoms with E-state index in [9.17, 15) is 0 Å². The number of benzene rings is 3. The third-order valence-corrected chi connectivity index (χ3v) is 3.68. The summed E-state index contributed by atoms with van der Waals surface area (Å²) in [6.07, 6.45) is 5.63. The molecule has 0 aliphatic rings. The van der Waals surface area contributed by atoms with Gasteiger partial charge in [0, 0.05) is 22.9 Å². The molecule has 114 valence electrons. The number of anilines is 1. The van der Waals surface area contributed by atoms with E-state index in [2.05, 4.69) is 36.1 Å². The highest BCUT2D eigenvalue weighted by atomic mass is 15.1. The van der Waals surface area contributed by atoms with Gasteiger partial charge in [0.25, 0.3) is 0 Å². The van der Waals surface area contributed by atoms with Crippen LogP contribution in [-0.2, 0) is 6.54 Å². The van der Waals surface area contributed by atoms with Gasteiger partial charge in [-0.15, -0.1) is 6.42 Å². The van der Waals surface area contributed by atoms with Crippen molar-refractivity contribution in [2.24, 2.45) is 0 Å². The summed E-state index contributed by atoms with van der Waals surface area (Å²) >= 11 is 0. The molecule has 0 bridgehead atoms. The van der Waals surface area contributed by atoms with Crippen LogP contribution in [0.5, 0.6) is 0 Å². The Kier molecular flexibility index (Phi) is 4.98. The smallest absolute Gasteiger partial charge is 0.0578 e. The van der Waals surface area contributed by atoms with E-state index < -0.39 is 0 Å². The van der Waals surface area contributed by atoms with Crippen LogP contribution >= 0.6 is 0 Å². The van der Waals surface area contributed by atoms with Crippen LogP contribution in [-0.4, -0.2) is 0 Å². The highest BCUT2D eigenvalue weighted by Gasteiger charge is 2.07. The van der Waals surface area contributed by atoms with Gasteiger partial charge in [-0.2, -0.15) is 0 Å². The normalized spacial score (nSPS) is 9.46. The van der Waals surface area contributed by atoms with Crippen molar-refractivity contribution in [1.82, 2.24) is 0 Å². The van der Waals surface area contributed by atoms with Crippen molar-refractivity contribution in [2.75, 3.05) is 4.90 Å². The van der Waals surface area contributed by atoms with Crippen molar-refractivity contribution in [3.8, 4) is 24.3 Å². The molecule has 3 rings (SSSR count). The first-order valence-corrected chi connectivity index (χ1v) is 7.80. The molecule has 0 heterocycles. The lowest BCUT2D eigenvalue weighted by molar-refractivity contribution is 0.989. The molecule has 1 nitrogen and oxygen atoms in total. The minimum Gasteiger partial charge on any atom is -0.297 e. The Morgan fingerprint density at radius 2 is 1.38 bits per heavy atom. The van der Waals surface area contributed by atoms with Crippen molar-refractivity contribution in [1.29, 1.82) is 0 Å². The molecule has 0 spiro atoms. The number of hydrogen-bond donors (Lipinski definition) is 0. The zero-order valence-electron chi connectivity index (χ0n) is 13.3. The predicted molar refractivity (Wildman–Crippen MR) is 100 cm³/mol. The molecule has 0 saturated carbocycles. The van der Waals surface area contributed by atoms with Gasteiger partial charge in [-0.1, -0.05) is 60.5 Å². The number of para-hydroxylation sites is 1. The maximum atomic E-state index is 5.63. The van der Waals surface area contributed by atoms with E-state index in [1.54, 1.807) is 0 Å². The molecule has 0 aliphatic carbocycles. The summed E-state index contributed by atoms with van der Waals surface area (Å²) in [6, 6.07) is 31.4. The second-order valence-electron chi connectivity index (χ2n) is 5.33. The molecule has 0 saturated heterocycles. The Balaban J connectivity index is 1.95. The van der Waals surface area contributed by atoms with E-state index in [4.69, 9.17) is 6.42 Å². The van der Waals surface area contributed by atoms with E-state index in [1.807, 2.05) is 71.6 Å². The van der Waals surface area contributed by atoms with Crippen LogP contribution in [0.25, 0.3) is 0 Å². The lowest BCUT2D eigenvalue weighted by Gasteiger charge is -2.18. The van der Waals surface area contributed by atoms with Gasteiger partial charge in [0.15, 0.2) is 0 Å². The minimum absolute atomic E-state index is 0.643. The first-order chi connectivity index (χ1) is 11.9. The summed E-state index contributed by atoms with van der Waals surface area (Å²) in [5.74, 6) is 5.98. The van der Waals surface area contributed by atoms with Gasteiger partial charge in [0.05, 0.1) is 6.54 Å². The number of terminal acetylenes is 1. The summed E-state index contributed by atoms with van der Waals surface area (Å²) in [6.45, 7) is 0.643. The zero-order chi connectivity index (χ0) is 16.6. The molecular weight excluding hydrogens is 290 g/mol. The molecule has 1 heteroatoms. The van der Waals surface area contributed by atoms with Gasteiger partial charge in [-0.25, -0.2) is 0 Å². The third-order valence-electron chi connectivity index (χ3n) is 3.68. The van der Waals surface area contributed by atoms with Gasteiger partial charge in [0.1, 0.15) is 0 Å². The quantitative estimate of drug-likeness (QED) is 0.501. The first-order valence-electron chi connectivity index (χ1n) is 7.80. The van der Waals surface area contributed by atoms with Gasteiger partial charge in [-0.3, -0.25) is 4.90 Å². The van der Waals surface area contributed by atoms with Gasteiger partial charge in [-0.05, 0) is 41.8 Å². The van der Waals surface area contributed by atoms with Crippen molar-refractivity contribution >= 4 is 5.69 Å². The largest absolute Gasteiger partial charge is 0.297 e. The van der Waals surface area contributed by atoms with Crippen LogP contribution < -0.4 is 4.90 Å². The van der Waals surface area contributed by atoms with E-state index in [0.717, 1.165) is 22.4 Å². The van der Waals surface area contributed by atoms with Crippen molar-refractivity contribution < 1.29 is 0 Å². The average Bonchev–Trinajstić information content (AvgIpc) is 2.67. The highest BCUT2D eigenvalue weighted by molar-refractivity contribution is 5.55. The van der Waals surface area contributed by atoms with E-state index in [0.29, 0.717) is 6.54 Å². The first kappa shape index (κ1) is 15.5. The molecule has 0 aliphatic heterocycles. The van der Waals surface area contributed by atoms with Crippen LogP contribution in [0, 0.1) is 24.3 Å². The standard InChI is InChI=1S/C23H17N/c1-2-21-13-9-10-14-22(21)19-24(23-15-7-4-8-16-23)18-17-20-11-5-3-6-12-20/h1,3-16H,19H2. The Bertz CT molecular complexity index is 893. The van der Waals surface area contributed by atoms with Crippen LogP contribution in [0.1, 0.15) is 16.7 Å². The monoisotopic (exact) mass is 307 g/mol. The van der Waals surface area contributed by atoms with Crippen LogP contribution in [0.3, 0.4) is 0 Å². The van der Waals surface area contributed by atoms with Gasteiger partial charge in [0.2, 0.25) is 0 Å². The molecule has 0 N–H and O–H groups in total. The summed E-state index contributed by atoms with van der Waals surface area (Å²) in [5, 5.41) is 0. The average molecular weight is 307 g/mol.